The van der Waals surface area contributed by atoms with E-state index < -0.39 is 14.2 Å². The molecule has 0 radical (unpaired) electrons. The summed E-state index contributed by atoms with van der Waals surface area (Å²) in [6, 6.07) is 18.2. The number of para-hydroxylation sites is 1. The molecule has 1 aromatic heterocycles. The number of carbonyl (C=O) groups is 1. The highest BCUT2D eigenvalue weighted by Crippen LogP contribution is 2.40. The van der Waals surface area contributed by atoms with E-state index in [1.165, 1.54) is 11.8 Å². The monoisotopic (exact) mass is 466 g/mol. The van der Waals surface area contributed by atoms with Crippen molar-refractivity contribution in [3.8, 4) is 5.75 Å². The van der Waals surface area contributed by atoms with Crippen molar-refractivity contribution in [2.75, 3.05) is 0 Å². The molecule has 0 aliphatic carbocycles. The summed E-state index contributed by atoms with van der Waals surface area (Å²) in [5.74, 6) is 0.680. The summed E-state index contributed by atoms with van der Waals surface area (Å²) in [4.78, 5) is 15.8. The summed E-state index contributed by atoms with van der Waals surface area (Å²) in [5.41, 5.74) is 7.64. The average molecular weight is 467 g/mol. The molecule has 0 saturated heterocycles. The van der Waals surface area contributed by atoms with Crippen LogP contribution in [0.1, 0.15) is 60.9 Å². The number of ether oxygens (including phenoxy) is 1. The number of rotatable bonds is 10. The topological polar surface area (TPSA) is 87.6 Å². The third-order valence-corrected chi connectivity index (χ3v) is 10.6. The van der Waals surface area contributed by atoms with E-state index >= 15 is 0 Å². The summed E-state index contributed by atoms with van der Waals surface area (Å²) in [7, 11) is -2.09. The zero-order valence-electron chi connectivity index (χ0n) is 20.1. The number of oxazole rings is 1. The minimum absolute atomic E-state index is 0.0325. The smallest absolute Gasteiger partial charge is 0.286 e. The Balaban J connectivity index is 1.67. The molecule has 0 aliphatic heterocycles. The molecule has 0 saturated carbocycles. The number of hydrogen-bond donors (Lipinski definition) is 1. The molecule has 7 heteroatoms. The van der Waals surface area contributed by atoms with Crippen molar-refractivity contribution in [3.05, 3.63) is 83.6 Å². The minimum atomic E-state index is -2.09. The number of nitrogens with two attached hydrogens (primary N) is 1. The van der Waals surface area contributed by atoms with Gasteiger partial charge >= 0.3 is 0 Å². The molecule has 176 valence electrons. The van der Waals surface area contributed by atoms with Crippen molar-refractivity contribution in [1.29, 1.82) is 0 Å². The van der Waals surface area contributed by atoms with Crippen LogP contribution in [0.5, 0.6) is 5.75 Å². The maximum absolute atomic E-state index is 11.5. The zero-order valence-corrected chi connectivity index (χ0v) is 21.1. The molecule has 0 bridgehead atoms. The Hall–Kier alpha value is -2.90. The van der Waals surface area contributed by atoms with Crippen molar-refractivity contribution in [2.45, 2.75) is 64.5 Å². The Morgan fingerprint density at radius 3 is 2.27 bits per heavy atom. The fourth-order valence-corrected chi connectivity index (χ4v) is 4.38. The standard InChI is InChI=1S/C26H34N2O4Si/c1-26(2,3)33(4,5)32-22(25-28-17-23(31-25)24(27)29)16-15-19-11-13-20(14-12-19)18-30-21-9-7-6-8-10-21/h6-14,17,22H,15-16,18H2,1-5H3,(H2,27,29). The predicted octanol–water partition coefficient (Wildman–Crippen LogP) is 6.05. The average Bonchev–Trinajstić information content (AvgIpc) is 3.26. The van der Waals surface area contributed by atoms with Crippen LogP contribution in [0.3, 0.4) is 0 Å². The quantitative estimate of drug-likeness (QED) is 0.368. The molecule has 3 rings (SSSR count). The highest BCUT2D eigenvalue weighted by Gasteiger charge is 2.40. The summed E-state index contributed by atoms with van der Waals surface area (Å²) >= 11 is 0. The predicted molar refractivity (Wildman–Crippen MR) is 132 cm³/mol. The van der Waals surface area contributed by atoms with Crippen LogP contribution in [0, 0.1) is 0 Å². The van der Waals surface area contributed by atoms with Gasteiger partial charge in [0.25, 0.3) is 5.91 Å². The van der Waals surface area contributed by atoms with Gasteiger partial charge in [0.05, 0.1) is 6.20 Å². The first-order chi connectivity index (χ1) is 15.5. The van der Waals surface area contributed by atoms with Gasteiger partial charge in [-0.1, -0.05) is 63.2 Å². The van der Waals surface area contributed by atoms with Gasteiger partial charge in [0.1, 0.15) is 18.5 Å². The largest absolute Gasteiger partial charge is 0.489 e. The van der Waals surface area contributed by atoms with Crippen LogP contribution < -0.4 is 10.5 Å². The van der Waals surface area contributed by atoms with Gasteiger partial charge in [-0.05, 0) is 54.2 Å². The Kier molecular flexibility index (Phi) is 7.76. The lowest BCUT2D eigenvalue weighted by Gasteiger charge is -2.38. The van der Waals surface area contributed by atoms with Crippen molar-refractivity contribution >= 4 is 14.2 Å². The number of hydrogen-bond acceptors (Lipinski definition) is 5. The summed E-state index contributed by atoms with van der Waals surface area (Å²) in [5, 5.41) is 0.0325. The van der Waals surface area contributed by atoms with Gasteiger partial charge in [0.15, 0.2) is 8.32 Å². The Morgan fingerprint density at radius 1 is 1.06 bits per heavy atom. The number of aromatic nitrogens is 1. The summed E-state index contributed by atoms with van der Waals surface area (Å²) in [6.45, 7) is 11.5. The van der Waals surface area contributed by atoms with E-state index in [-0.39, 0.29) is 16.9 Å². The first kappa shape index (κ1) is 24.7. The van der Waals surface area contributed by atoms with Crippen molar-refractivity contribution in [1.82, 2.24) is 4.98 Å². The second kappa shape index (κ2) is 10.4. The van der Waals surface area contributed by atoms with Crippen LogP contribution in [0.4, 0.5) is 0 Å². The lowest BCUT2D eigenvalue weighted by molar-refractivity contribution is 0.0958. The van der Waals surface area contributed by atoms with Crippen molar-refractivity contribution < 1.29 is 18.4 Å². The van der Waals surface area contributed by atoms with Crippen molar-refractivity contribution in [3.63, 3.8) is 0 Å². The van der Waals surface area contributed by atoms with Crippen LogP contribution >= 0.6 is 0 Å². The Morgan fingerprint density at radius 2 is 1.70 bits per heavy atom. The maximum atomic E-state index is 11.5. The third-order valence-electron chi connectivity index (χ3n) is 6.15. The highest BCUT2D eigenvalue weighted by molar-refractivity contribution is 6.74. The molecule has 6 nitrogen and oxygen atoms in total. The van der Waals surface area contributed by atoms with Gasteiger partial charge in [-0.3, -0.25) is 4.79 Å². The lowest BCUT2D eigenvalue weighted by atomic mass is 10.1. The van der Waals surface area contributed by atoms with Gasteiger partial charge in [-0.2, -0.15) is 0 Å². The first-order valence-corrected chi connectivity index (χ1v) is 14.1. The molecule has 33 heavy (non-hydrogen) atoms. The second-order valence-electron chi connectivity index (χ2n) is 9.75. The first-order valence-electron chi connectivity index (χ1n) is 11.2. The van der Waals surface area contributed by atoms with E-state index in [2.05, 4.69) is 63.1 Å². The van der Waals surface area contributed by atoms with E-state index in [9.17, 15) is 4.79 Å². The van der Waals surface area contributed by atoms with E-state index in [0.29, 0.717) is 18.9 Å². The number of nitrogens with zero attached hydrogens (tertiary/aromatic N) is 1. The molecular weight excluding hydrogens is 432 g/mol. The summed E-state index contributed by atoms with van der Waals surface area (Å²) < 4.78 is 18.1. The lowest BCUT2D eigenvalue weighted by Crippen LogP contribution is -2.42. The maximum Gasteiger partial charge on any atom is 0.286 e. The highest BCUT2D eigenvalue weighted by atomic mass is 28.4. The van der Waals surface area contributed by atoms with Gasteiger partial charge in [-0.25, -0.2) is 4.98 Å². The SMILES string of the molecule is CC(C)(C)[Si](C)(C)OC(CCc1ccc(COc2ccccc2)cc1)c1ncc(C(N)=O)o1. The summed E-state index contributed by atoms with van der Waals surface area (Å²) in [6.07, 6.45) is 2.50. The van der Waals surface area contributed by atoms with Crippen LogP contribution in [0.15, 0.2) is 65.2 Å². The molecule has 0 aliphatic rings. The Bertz CT molecular complexity index is 1040. The van der Waals surface area contributed by atoms with Crippen LogP contribution in [-0.2, 0) is 17.5 Å². The van der Waals surface area contributed by atoms with E-state index in [4.69, 9.17) is 19.3 Å². The van der Waals surface area contributed by atoms with Crippen LogP contribution in [-0.4, -0.2) is 19.2 Å². The molecule has 1 atom stereocenters. The number of aryl methyl sites for hydroxylation is 1. The fourth-order valence-electron chi connectivity index (χ4n) is 3.10. The molecule has 3 aromatic rings. The van der Waals surface area contributed by atoms with Crippen molar-refractivity contribution in [2.24, 2.45) is 5.73 Å². The number of carbonyl (C=O) groups excluding carboxylic acids is 1. The molecule has 1 amide bonds. The van der Waals surface area contributed by atoms with Gasteiger partial charge in [-0.15, -0.1) is 0 Å². The van der Waals surface area contributed by atoms with Crippen LogP contribution in [0.25, 0.3) is 0 Å². The minimum Gasteiger partial charge on any atom is -0.489 e. The van der Waals surface area contributed by atoms with Gasteiger partial charge < -0.3 is 19.3 Å². The fraction of sp³-hybridized carbons (Fsp3) is 0.385. The molecule has 2 aromatic carbocycles. The van der Waals surface area contributed by atoms with Gasteiger partial charge in [0, 0.05) is 0 Å². The molecule has 0 fully saturated rings. The molecule has 0 spiro atoms. The molecule has 1 heterocycles. The second-order valence-corrected chi connectivity index (χ2v) is 14.5. The van der Waals surface area contributed by atoms with Gasteiger partial charge in [0.2, 0.25) is 11.7 Å². The van der Waals surface area contributed by atoms with E-state index in [0.717, 1.165) is 17.7 Å². The number of benzene rings is 2. The molecule has 1 unspecified atom stereocenters. The van der Waals surface area contributed by atoms with Crippen LogP contribution in [0.2, 0.25) is 18.1 Å². The number of amides is 1. The van der Waals surface area contributed by atoms with E-state index in [1.807, 2.05) is 30.3 Å². The van der Waals surface area contributed by atoms with E-state index in [1.54, 1.807) is 0 Å². The third kappa shape index (κ3) is 6.79. The normalized spacial score (nSPS) is 13.0. The molecule has 2 N–H and O–H groups in total. The Labute approximate surface area is 197 Å². The number of primary amides is 1. The molecular formula is C26H34N2O4Si. The zero-order chi connectivity index (χ0) is 24.1.